The van der Waals surface area contributed by atoms with Crippen LogP contribution >= 0.6 is 15.9 Å². The Morgan fingerprint density at radius 2 is 2.25 bits per heavy atom. The van der Waals surface area contributed by atoms with Crippen LogP contribution in [0.3, 0.4) is 0 Å². The largest absolute Gasteiger partial charge is 0.438 e. The Morgan fingerprint density at radius 3 is 3.05 bits per heavy atom. The molecule has 0 saturated heterocycles. The van der Waals surface area contributed by atoms with Crippen molar-refractivity contribution in [1.82, 2.24) is 20.2 Å². The number of aromatic amines is 1. The number of rotatable bonds is 4. The molecule has 102 valence electrons. The first-order chi connectivity index (χ1) is 9.76. The molecule has 0 atom stereocenters. The molecule has 0 spiro atoms. The van der Waals surface area contributed by atoms with Crippen molar-refractivity contribution in [1.29, 1.82) is 0 Å². The standard InChI is InChI=1S/C13H12BrN5O/c1-2-15-13-17-11-10(7-16-19-11)12(18-13)20-9-5-3-4-8(14)6-9/h3-7H,2H2,1H3,(H2,15,16,17,18,19). The van der Waals surface area contributed by atoms with Crippen molar-refractivity contribution >= 4 is 32.9 Å². The lowest BCUT2D eigenvalue weighted by Gasteiger charge is -2.08. The van der Waals surface area contributed by atoms with Crippen LogP contribution in [0.5, 0.6) is 11.6 Å². The zero-order valence-corrected chi connectivity index (χ0v) is 12.3. The maximum Gasteiger partial charge on any atom is 0.235 e. The van der Waals surface area contributed by atoms with Gasteiger partial charge in [0, 0.05) is 11.0 Å². The van der Waals surface area contributed by atoms with E-state index < -0.39 is 0 Å². The highest BCUT2D eigenvalue weighted by Crippen LogP contribution is 2.28. The summed E-state index contributed by atoms with van der Waals surface area (Å²) in [7, 11) is 0. The van der Waals surface area contributed by atoms with E-state index in [1.807, 2.05) is 31.2 Å². The molecule has 0 aliphatic carbocycles. The smallest absolute Gasteiger partial charge is 0.235 e. The Hall–Kier alpha value is -2.15. The fourth-order valence-corrected chi connectivity index (χ4v) is 2.14. The van der Waals surface area contributed by atoms with E-state index in [2.05, 4.69) is 41.4 Å². The molecule has 0 aliphatic rings. The number of ether oxygens (including phenoxy) is 1. The Labute approximate surface area is 123 Å². The highest BCUT2D eigenvalue weighted by Gasteiger charge is 2.11. The number of nitrogens with one attached hydrogen (secondary N) is 2. The lowest BCUT2D eigenvalue weighted by atomic mass is 10.3. The van der Waals surface area contributed by atoms with Crippen molar-refractivity contribution in [2.75, 3.05) is 11.9 Å². The van der Waals surface area contributed by atoms with Gasteiger partial charge in [-0.05, 0) is 25.1 Å². The highest BCUT2D eigenvalue weighted by atomic mass is 79.9. The van der Waals surface area contributed by atoms with Crippen LogP contribution in [0, 0.1) is 0 Å². The molecule has 20 heavy (non-hydrogen) atoms. The number of aromatic nitrogens is 4. The molecule has 0 bridgehead atoms. The quantitative estimate of drug-likeness (QED) is 0.765. The second kappa shape index (κ2) is 5.46. The van der Waals surface area contributed by atoms with Crippen LogP contribution in [0.25, 0.3) is 11.0 Å². The first kappa shape index (κ1) is 12.9. The highest BCUT2D eigenvalue weighted by molar-refractivity contribution is 9.10. The molecule has 3 aromatic rings. The van der Waals surface area contributed by atoms with E-state index >= 15 is 0 Å². The number of H-pyrrole nitrogens is 1. The van der Waals surface area contributed by atoms with Crippen molar-refractivity contribution in [2.45, 2.75) is 6.92 Å². The van der Waals surface area contributed by atoms with Gasteiger partial charge in [-0.15, -0.1) is 0 Å². The lowest BCUT2D eigenvalue weighted by Crippen LogP contribution is -2.03. The Bertz CT molecular complexity index is 742. The van der Waals surface area contributed by atoms with Gasteiger partial charge in [0.05, 0.1) is 6.20 Å². The van der Waals surface area contributed by atoms with E-state index in [0.717, 1.165) is 16.4 Å². The van der Waals surface area contributed by atoms with E-state index in [9.17, 15) is 0 Å². The molecular formula is C13H12BrN5O. The fraction of sp³-hybridized carbons (Fsp3) is 0.154. The zero-order chi connectivity index (χ0) is 13.9. The van der Waals surface area contributed by atoms with Crippen molar-refractivity contribution < 1.29 is 4.74 Å². The molecule has 1 aromatic carbocycles. The second-order valence-corrected chi connectivity index (χ2v) is 4.99. The van der Waals surface area contributed by atoms with Crippen LogP contribution in [0.15, 0.2) is 34.9 Å². The number of hydrogen-bond acceptors (Lipinski definition) is 5. The van der Waals surface area contributed by atoms with Crippen molar-refractivity contribution in [2.24, 2.45) is 0 Å². The molecule has 7 heteroatoms. The molecule has 2 heterocycles. The van der Waals surface area contributed by atoms with Gasteiger partial charge in [-0.1, -0.05) is 22.0 Å². The van der Waals surface area contributed by atoms with Gasteiger partial charge in [0.15, 0.2) is 5.65 Å². The summed E-state index contributed by atoms with van der Waals surface area (Å²) in [6.45, 7) is 2.71. The topological polar surface area (TPSA) is 75.7 Å². The summed E-state index contributed by atoms with van der Waals surface area (Å²) in [5.74, 6) is 1.68. The maximum atomic E-state index is 5.84. The normalized spacial score (nSPS) is 10.7. The Kier molecular flexibility index (Phi) is 3.51. The number of hydrogen-bond donors (Lipinski definition) is 2. The molecule has 2 aromatic heterocycles. The van der Waals surface area contributed by atoms with Gasteiger partial charge in [0.1, 0.15) is 11.1 Å². The van der Waals surface area contributed by atoms with E-state index in [0.29, 0.717) is 23.2 Å². The molecule has 3 rings (SSSR count). The third-order valence-corrected chi connectivity index (χ3v) is 3.11. The van der Waals surface area contributed by atoms with Crippen LogP contribution < -0.4 is 10.1 Å². The molecule has 2 N–H and O–H groups in total. The van der Waals surface area contributed by atoms with E-state index in [1.165, 1.54) is 0 Å². The average molecular weight is 334 g/mol. The fourth-order valence-electron chi connectivity index (χ4n) is 1.77. The third kappa shape index (κ3) is 2.57. The monoisotopic (exact) mass is 333 g/mol. The summed E-state index contributed by atoms with van der Waals surface area (Å²) < 4.78 is 6.78. The van der Waals surface area contributed by atoms with Gasteiger partial charge in [0.25, 0.3) is 0 Å². The van der Waals surface area contributed by atoms with Crippen LogP contribution in [-0.2, 0) is 0 Å². The minimum Gasteiger partial charge on any atom is -0.438 e. The van der Waals surface area contributed by atoms with E-state index in [1.54, 1.807) is 6.20 Å². The number of halogens is 1. The zero-order valence-electron chi connectivity index (χ0n) is 10.7. The van der Waals surface area contributed by atoms with Crippen molar-refractivity contribution in [3.63, 3.8) is 0 Å². The molecule has 0 unspecified atom stereocenters. The van der Waals surface area contributed by atoms with Gasteiger partial charge in [-0.3, -0.25) is 5.10 Å². The lowest BCUT2D eigenvalue weighted by molar-refractivity contribution is 0.468. The molecule has 0 radical (unpaired) electrons. The summed E-state index contributed by atoms with van der Waals surface area (Å²) in [5.41, 5.74) is 0.640. The summed E-state index contributed by atoms with van der Waals surface area (Å²) >= 11 is 3.41. The van der Waals surface area contributed by atoms with Gasteiger partial charge in [-0.2, -0.15) is 15.1 Å². The molecular weight excluding hydrogens is 322 g/mol. The minimum atomic E-state index is 0.470. The predicted octanol–water partition coefficient (Wildman–Crippen LogP) is 3.34. The minimum absolute atomic E-state index is 0.470. The summed E-state index contributed by atoms with van der Waals surface area (Å²) in [6.07, 6.45) is 1.65. The number of fused-ring (bicyclic) bond motifs is 1. The van der Waals surface area contributed by atoms with Gasteiger partial charge in [0.2, 0.25) is 11.8 Å². The van der Waals surface area contributed by atoms with Crippen LogP contribution in [0.2, 0.25) is 0 Å². The Balaban J connectivity index is 2.02. The number of anilines is 1. The summed E-state index contributed by atoms with van der Waals surface area (Å²) in [5, 5.41) is 10.6. The number of benzene rings is 1. The van der Waals surface area contributed by atoms with Gasteiger partial charge >= 0.3 is 0 Å². The van der Waals surface area contributed by atoms with Crippen LogP contribution in [-0.4, -0.2) is 26.7 Å². The summed E-state index contributed by atoms with van der Waals surface area (Å²) in [4.78, 5) is 8.68. The van der Waals surface area contributed by atoms with Gasteiger partial charge in [-0.25, -0.2) is 0 Å². The van der Waals surface area contributed by atoms with Crippen LogP contribution in [0.1, 0.15) is 6.92 Å². The third-order valence-electron chi connectivity index (χ3n) is 2.62. The van der Waals surface area contributed by atoms with E-state index in [4.69, 9.17) is 4.74 Å². The SMILES string of the molecule is CCNc1nc(Oc2cccc(Br)c2)c2cn[nH]c2n1. The van der Waals surface area contributed by atoms with E-state index in [-0.39, 0.29) is 0 Å². The molecule has 0 amide bonds. The first-order valence-corrected chi connectivity index (χ1v) is 6.94. The average Bonchev–Trinajstić information content (AvgIpc) is 2.87. The van der Waals surface area contributed by atoms with Gasteiger partial charge < -0.3 is 10.1 Å². The first-order valence-electron chi connectivity index (χ1n) is 6.14. The summed E-state index contributed by atoms with van der Waals surface area (Å²) in [6, 6.07) is 7.58. The van der Waals surface area contributed by atoms with Crippen molar-refractivity contribution in [3.05, 3.63) is 34.9 Å². The maximum absolute atomic E-state index is 5.84. The number of nitrogens with zero attached hydrogens (tertiary/aromatic N) is 3. The van der Waals surface area contributed by atoms with Crippen LogP contribution in [0.4, 0.5) is 5.95 Å². The predicted molar refractivity (Wildman–Crippen MR) is 80.1 cm³/mol. The molecule has 0 fully saturated rings. The molecule has 0 aliphatic heterocycles. The molecule has 0 saturated carbocycles. The second-order valence-electron chi connectivity index (χ2n) is 4.07. The molecule has 6 nitrogen and oxygen atoms in total. The van der Waals surface area contributed by atoms with Crippen molar-refractivity contribution in [3.8, 4) is 11.6 Å². The Morgan fingerprint density at radius 1 is 1.35 bits per heavy atom.